The molecule has 0 bridgehead atoms. The highest BCUT2D eigenvalue weighted by Gasteiger charge is 2.29. The molecule has 0 aliphatic carbocycles. The number of carbonyl (C=O) groups is 2. The summed E-state index contributed by atoms with van der Waals surface area (Å²) in [6, 6.07) is 11.2. The number of hydrogen-bond acceptors (Lipinski definition) is 6. The van der Waals surface area contributed by atoms with Gasteiger partial charge in [0.1, 0.15) is 5.65 Å². The van der Waals surface area contributed by atoms with Crippen molar-refractivity contribution in [2.75, 3.05) is 24.4 Å². The van der Waals surface area contributed by atoms with Gasteiger partial charge in [-0.1, -0.05) is 32.0 Å². The second kappa shape index (κ2) is 10.7. The predicted octanol–water partition coefficient (Wildman–Crippen LogP) is 4.85. The van der Waals surface area contributed by atoms with E-state index in [0.29, 0.717) is 41.5 Å². The first-order chi connectivity index (χ1) is 16.5. The Hall–Kier alpha value is -3.39. The maximum Gasteiger partial charge on any atom is 0.356 e. The maximum atomic E-state index is 13.1. The number of esters is 1. The fourth-order valence-corrected chi connectivity index (χ4v) is 4.41. The summed E-state index contributed by atoms with van der Waals surface area (Å²) in [5, 5.41) is 7.15. The minimum atomic E-state index is -0.533. The van der Waals surface area contributed by atoms with E-state index in [9.17, 15) is 9.59 Å². The molecule has 1 aromatic carbocycles. The number of nitrogens with zero attached hydrogens (tertiary/aromatic N) is 2. The number of fused-ring (bicyclic) bond motifs is 1. The van der Waals surface area contributed by atoms with Crippen LogP contribution in [-0.4, -0.2) is 47.3 Å². The van der Waals surface area contributed by atoms with E-state index in [1.807, 2.05) is 16.7 Å². The van der Waals surface area contributed by atoms with Gasteiger partial charge in [0.2, 0.25) is 0 Å². The summed E-state index contributed by atoms with van der Waals surface area (Å²) < 4.78 is 12.8. The summed E-state index contributed by atoms with van der Waals surface area (Å²) in [5.41, 5.74) is 2.60. The summed E-state index contributed by atoms with van der Waals surface area (Å²) in [5.74, 6) is -0.839. The average Bonchev–Trinajstić information content (AvgIpc) is 3.49. The minimum Gasteiger partial charge on any atom is -0.464 e. The zero-order valence-electron chi connectivity index (χ0n) is 20.0. The molecule has 3 aromatic rings. The van der Waals surface area contributed by atoms with E-state index in [1.165, 1.54) is 7.11 Å². The van der Waals surface area contributed by atoms with Gasteiger partial charge in [-0.15, -0.1) is 0 Å². The fraction of sp³-hybridized carbons (Fsp3) is 0.423. The maximum absolute atomic E-state index is 13.1. The molecule has 8 nitrogen and oxygen atoms in total. The van der Waals surface area contributed by atoms with Gasteiger partial charge in [-0.2, -0.15) is 0 Å². The van der Waals surface area contributed by atoms with Crippen LogP contribution in [0.25, 0.3) is 11.0 Å². The van der Waals surface area contributed by atoms with Crippen molar-refractivity contribution in [3.05, 3.63) is 53.9 Å². The molecule has 8 heteroatoms. The summed E-state index contributed by atoms with van der Waals surface area (Å²) in [4.78, 5) is 30.8. The Morgan fingerprint density at radius 2 is 2.00 bits per heavy atom. The van der Waals surface area contributed by atoms with Crippen molar-refractivity contribution in [2.45, 2.75) is 58.2 Å². The monoisotopic (exact) mass is 464 g/mol. The molecule has 1 saturated heterocycles. The molecule has 1 aliphatic rings. The van der Waals surface area contributed by atoms with Crippen molar-refractivity contribution in [3.8, 4) is 0 Å². The zero-order valence-corrected chi connectivity index (χ0v) is 20.0. The lowest BCUT2D eigenvalue weighted by Crippen LogP contribution is -2.21. The zero-order chi connectivity index (χ0) is 24.1. The average molecular weight is 465 g/mol. The number of hydrogen-bond donors (Lipinski definition) is 2. The van der Waals surface area contributed by atoms with Gasteiger partial charge in [-0.05, 0) is 43.9 Å². The molecule has 1 amide bonds. The SMILES string of the molecule is CCC(CC)Nc1cnc2c(c1)c(NC(=O)c1ccccc1)c(C(=O)OC)n2C[C@H]1CCCO1. The van der Waals surface area contributed by atoms with E-state index in [2.05, 4.69) is 24.5 Å². The first-order valence-electron chi connectivity index (χ1n) is 11.9. The molecule has 0 unspecified atom stereocenters. The third-order valence-electron chi connectivity index (χ3n) is 6.32. The van der Waals surface area contributed by atoms with Crippen LogP contribution in [0.1, 0.15) is 60.4 Å². The highest BCUT2D eigenvalue weighted by atomic mass is 16.5. The molecule has 4 rings (SSSR count). The second-order valence-corrected chi connectivity index (χ2v) is 8.53. The van der Waals surface area contributed by atoms with Gasteiger partial charge in [0.05, 0.1) is 37.3 Å². The lowest BCUT2D eigenvalue weighted by Gasteiger charge is -2.16. The van der Waals surface area contributed by atoms with Crippen molar-refractivity contribution in [1.82, 2.24) is 9.55 Å². The largest absolute Gasteiger partial charge is 0.464 e. The molecule has 0 radical (unpaired) electrons. The van der Waals surface area contributed by atoms with Crippen LogP contribution >= 0.6 is 0 Å². The van der Waals surface area contributed by atoms with Gasteiger partial charge in [-0.3, -0.25) is 4.79 Å². The van der Waals surface area contributed by atoms with Gasteiger partial charge in [0.25, 0.3) is 5.91 Å². The lowest BCUT2D eigenvalue weighted by molar-refractivity contribution is 0.0580. The fourth-order valence-electron chi connectivity index (χ4n) is 4.41. The Labute approximate surface area is 199 Å². The normalized spacial score (nSPS) is 15.6. The van der Waals surface area contributed by atoms with E-state index in [4.69, 9.17) is 14.5 Å². The first-order valence-corrected chi connectivity index (χ1v) is 11.9. The van der Waals surface area contributed by atoms with Crippen LogP contribution in [0, 0.1) is 0 Å². The van der Waals surface area contributed by atoms with Crippen LogP contribution in [0.2, 0.25) is 0 Å². The van der Waals surface area contributed by atoms with Crippen LogP contribution < -0.4 is 10.6 Å². The second-order valence-electron chi connectivity index (χ2n) is 8.53. The van der Waals surface area contributed by atoms with Crippen molar-refractivity contribution < 1.29 is 19.1 Å². The number of aromatic nitrogens is 2. The van der Waals surface area contributed by atoms with Crippen molar-refractivity contribution in [3.63, 3.8) is 0 Å². The molecule has 180 valence electrons. The van der Waals surface area contributed by atoms with E-state index in [-0.39, 0.29) is 17.7 Å². The Morgan fingerprint density at radius 1 is 1.24 bits per heavy atom. The van der Waals surface area contributed by atoms with Gasteiger partial charge in [0, 0.05) is 23.6 Å². The number of carbonyl (C=O) groups excluding carboxylic acids is 2. The third-order valence-corrected chi connectivity index (χ3v) is 6.32. The van der Waals surface area contributed by atoms with E-state index < -0.39 is 5.97 Å². The summed E-state index contributed by atoms with van der Waals surface area (Å²) >= 11 is 0. The predicted molar refractivity (Wildman–Crippen MR) is 132 cm³/mol. The summed E-state index contributed by atoms with van der Waals surface area (Å²) in [6.07, 6.45) is 5.57. The van der Waals surface area contributed by atoms with Crippen molar-refractivity contribution in [1.29, 1.82) is 0 Å². The molecule has 2 aromatic heterocycles. The van der Waals surface area contributed by atoms with E-state index >= 15 is 0 Å². The number of rotatable bonds is 9. The van der Waals surface area contributed by atoms with E-state index in [1.54, 1.807) is 30.5 Å². The molecule has 1 fully saturated rings. The van der Waals surface area contributed by atoms with Gasteiger partial charge >= 0.3 is 5.97 Å². The van der Waals surface area contributed by atoms with Crippen LogP contribution in [0.5, 0.6) is 0 Å². The Morgan fingerprint density at radius 3 is 2.65 bits per heavy atom. The number of ether oxygens (including phenoxy) is 2. The topological polar surface area (TPSA) is 94.5 Å². The molecule has 0 saturated carbocycles. The molecular weight excluding hydrogens is 432 g/mol. The van der Waals surface area contributed by atoms with Gasteiger partial charge in [0.15, 0.2) is 5.69 Å². The molecular formula is C26H32N4O4. The standard InChI is InChI=1S/C26H32N4O4/c1-4-18(5-2)28-19-14-21-22(29-25(31)17-10-7-6-8-11-17)23(26(32)33-3)30(24(21)27-15-19)16-20-12-9-13-34-20/h6-8,10-11,14-15,18,20,28H,4-5,9,12-13,16H2,1-3H3,(H,29,31)/t20-/m1/s1. The summed E-state index contributed by atoms with van der Waals surface area (Å²) in [6.45, 7) is 5.42. The van der Waals surface area contributed by atoms with Crippen LogP contribution in [0.15, 0.2) is 42.6 Å². The quantitative estimate of drug-likeness (QED) is 0.440. The van der Waals surface area contributed by atoms with Crippen molar-refractivity contribution >= 4 is 34.3 Å². The molecule has 1 atom stereocenters. The highest BCUT2D eigenvalue weighted by Crippen LogP contribution is 2.34. The molecule has 34 heavy (non-hydrogen) atoms. The molecule has 3 heterocycles. The van der Waals surface area contributed by atoms with Crippen LogP contribution in [0.3, 0.4) is 0 Å². The number of amides is 1. The Balaban J connectivity index is 1.84. The highest BCUT2D eigenvalue weighted by molar-refractivity contribution is 6.14. The molecule has 1 aliphatic heterocycles. The van der Waals surface area contributed by atoms with Crippen LogP contribution in [0.4, 0.5) is 11.4 Å². The Bertz CT molecular complexity index is 1150. The number of anilines is 2. The van der Waals surface area contributed by atoms with Gasteiger partial charge in [-0.25, -0.2) is 9.78 Å². The van der Waals surface area contributed by atoms with Crippen LogP contribution in [-0.2, 0) is 16.0 Å². The summed E-state index contributed by atoms with van der Waals surface area (Å²) in [7, 11) is 1.34. The Kier molecular flexibility index (Phi) is 7.47. The molecule has 0 spiro atoms. The lowest BCUT2D eigenvalue weighted by atomic mass is 10.1. The number of pyridine rings is 1. The van der Waals surface area contributed by atoms with E-state index in [0.717, 1.165) is 31.4 Å². The minimum absolute atomic E-state index is 0.0270. The number of methoxy groups -OCH3 is 1. The number of nitrogens with one attached hydrogen (secondary N) is 2. The number of benzene rings is 1. The molecule has 2 N–H and O–H groups in total. The van der Waals surface area contributed by atoms with Gasteiger partial charge < -0.3 is 24.7 Å². The van der Waals surface area contributed by atoms with Crippen molar-refractivity contribution in [2.24, 2.45) is 0 Å². The smallest absolute Gasteiger partial charge is 0.356 e. The first kappa shape index (κ1) is 23.8. The third kappa shape index (κ3) is 4.92.